The van der Waals surface area contributed by atoms with Gasteiger partial charge in [0.05, 0.1) is 18.6 Å². The second-order valence-corrected chi connectivity index (χ2v) is 9.80. The van der Waals surface area contributed by atoms with Gasteiger partial charge in [-0.1, -0.05) is 24.3 Å². The van der Waals surface area contributed by atoms with Crippen molar-refractivity contribution in [3.05, 3.63) is 53.6 Å². The van der Waals surface area contributed by atoms with Crippen LogP contribution in [0.25, 0.3) is 0 Å². The Balaban J connectivity index is 1.58. The molecule has 2 heterocycles. The Morgan fingerprint density at radius 2 is 1.91 bits per heavy atom. The first-order valence-corrected chi connectivity index (χ1v) is 11.5. The monoisotopic (exact) mass is 491 g/mol. The third-order valence-corrected chi connectivity index (χ3v) is 5.90. The molecule has 3 rings (SSSR count). The van der Waals surface area contributed by atoms with E-state index in [2.05, 4.69) is 4.98 Å². The summed E-state index contributed by atoms with van der Waals surface area (Å²) in [6.45, 7) is 7.61. The van der Waals surface area contributed by atoms with E-state index in [0.29, 0.717) is 0 Å². The molecule has 0 spiro atoms. The van der Waals surface area contributed by atoms with Gasteiger partial charge in [-0.3, -0.25) is 4.79 Å². The Labute approximate surface area is 203 Å². The maximum absolute atomic E-state index is 12.7. The van der Waals surface area contributed by atoms with Gasteiger partial charge in [-0.25, -0.2) is 14.6 Å². The molecule has 1 saturated heterocycles. The summed E-state index contributed by atoms with van der Waals surface area (Å²) < 4.78 is 12.4. The zero-order valence-electron chi connectivity index (χ0n) is 19.8. The fourth-order valence-electron chi connectivity index (χ4n) is 3.74. The highest BCUT2D eigenvalue weighted by molar-refractivity contribution is 6.67. The van der Waals surface area contributed by atoms with Gasteiger partial charge in [0, 0.05) is 25.9 Å². The number of nitrogens with zero attached hydrogens (tertiary/aromatic N) is 3. The van der Waals surface area contributed by atoms with E-state index >= 15 is 0 Å². The topological polar surface area (TPSA) is 111 Å². The van der Waals surface area contributed by atoms with Crippen molar-refractivity contribution in [1.82, 2.24) is 14.5 Å². The van der Waals surface area contributed by atoms with E-state index in [1.165, 1.54) is 17.4 Å². The summed E-state index contributed by atoms with van der Waals surface area (Å²) in [5, 5.41) is 10.2. The van der Waals surface area contributed by atoms with Crippen molar-refractivity contribution in [1.29, 1.82) is 0 Å². The molecule has 1 fully saturated rings. The minimum Gasteiger partial charge on any atom is -0.459 e. The molecule has 9 nitrogen and oxygen atoms in total. The number of halogens is 1. The lowest BCUT2D eigenvalue weighted by Gasteiger charge is -2.36. The molecular formula is C24H30ClN3O6. The molecule has 2 aromatic rings. The number of ether oxygens (including phenoxy) is 2. The molecule has 1 aromatic carbocycles. The molecule has 1 aliphatic rings. The Kier molecular flexibility index (Phi) is 7.67. The van der Waals surface area contributed by atoms with Gasteiger partial charge in [-0.05, 0) is 50.4 Å². The number of aliphatic hydroxyl groups is 1. The number of carbonyl (C=O) groups is 3. The summed E-state index contributed by atoms with van der Waals surface area (Å²) in [4.78, 5) is 41.9. The van der Waals surface area contributed by atoms with E-state index in [4.69, 9.17) is 21.1 Å². The molecule has 0 aliphatic carbocycles. The zero-order valence-corrected chi connectivity index (χ0v) is 20.5. The van der Waals surface area contributed by atoms with Crippen LogP contribution in [0.15, 0.2) is 36.8 Å². The number of piperidine rings is 1. The van der Waals surface area contributed by atoms with E-state index in [0.717, 1.165) is 11.1 Å². The highest BCUT2D eigenvalue weighted by atomic mass is 35.5. The van der Waals surface area contributed by atoms with Crippen molar-refractivity contribution in [3.63, 3.8) is 0 Å². The first-order chi connectivity index (χ1) is 15.9. The number of carbonyl (C=O) groups excluding carboxylic acids is 3. The van der Waals surface area contributed by atoms with Crippen molar-refractivity contribution in [2.75, 3.05) is 13.1 Å². The highest BCUT2D eigenvalue weighted by Gasteiger charge is 2.42. The number of hydrogen-bond donors (Lipinski definition) is 1. The molecule has 1 aliphatic heterocycles. The second kappa shape index (κ2) is 10.1. The summed E-state index contributed by atoms with van der Waals surface area (Å²) in [7, 11) is 0. The molecular weight excluding hydrogens is 462 g/mol. The van der Waals surface area contributed by atoms with Crippen LogP contribution in [-0.2, 0) is 20.9 Å². The van der Waals surface area contributed by atoms with Gasteiger partial charge >= 0.3 is 12.1 Å². The largest absolute Gasteiger partial charge is 0.459 e. The quantitative estimate of drug-likeness (QED) is 0.484. The summed E-state index contributed by atoms with van der Waals surface area (Å²) in [6.07, 6.45) is 2.61. The Morgan fingerprint density at radius 3 is 2.53 bits per heavy atom. The van der Waals surface area contributed by atoms with Crippen LogP contribution >= 0.6 is 11.6 Å². The standard InChI is InChI=1S/C24H30ClN3O6/c1-16(28-15-26-13-19(28)20(25)29)18-7-5-6-17(12-18)14-33-21(30)24(32)8-10-27(11-9-24)22(31)34-23(2,3)4/h5-7,12-13,15-16,32H,8-11,14H2,1-4H3/t16-/m1/s1. The van der Waals surface area contributed by atoms with Crippen LogP contribution in [-0.4, -0.2) is 61.2 Å². The fraction of sp³-hybridized carbons (Fsp3) is 0.500. The number of rotatable bonds is 6. The van der Waals surface area contributed by atoms with Crippen LogP contribution in [0.5, 0.6) is 0 Å². The van der Waals surface area contributed by atoms with Gasteiger partial charge in [0.25, 0.3) is 5.24 Å². The average Bonchev–Trinajstić information content (AvgIpc) is 3.26. The van der Waals surface area contributed by atoms with Gasteiger partial charge in [-0.15, -0.1) is 0 Å². The number of esters is 1. The summed E-state index contributed by atoms with van der Waals surface area (Å²) in [5.41, 5.74) is -0.391. The first-order valence-electron chi connectivity index (χ1n) is 11.1. The fourth-order valence-corrected chi connectivity index (χ4v) is 3.89. The maximum Gasteiger partial charge on any atom is 0.410 e. The number of imidazole rings is 1. The summed E-state index contributed by atoms with van der Waals surface area (Å²) in [6, 6.07) is 7.15. The number of hydrogen-bond acceptors (Lipinski definition) is 7. The minimum atomic E-state index is -1.66. The predicted octanol–water partition coefficient (Wildman–Crippen LogP) is 3.68. The molecule has 0 saturated carbocycles. The smallest absolute Gasteiger partial charge is 0.410 e. The molecule has 0 bridgehead atoms. The van der Waals surface area contributed by atoms with E-state index in [1.54, 1.807) is 31.4 Å². The highest BCUT2D eigenvalue weighted by Crippen LogP contribution is 2.26. The van der Waals surface area contributed by atoms with E-state index < -0.39 is 28.5 Å². The van der Waals surface area contributed by atoms with Gasteiger partial charge < -0.3 is 24.0 Å². The predicted molar refractivity (Wildman–Crippen MR) is 124 cm³/mol. The molecule has 1 amide bonds. The number of benzene rings is 1. The summed E-state index contributed by atoms with van der Waals surface area (Å²) >= 11 is 5.63. The average molecular weight is 492 g/mol. The Morgan fingerprint density at radius 1 is 1.24 bits per heavy atom. The lowest BCUT2D eigenvalue weighted by atomic mass is 9.92. The molecule has 1 atom stereocenters. The van der Waals surface area contributed by atoms with Crippen molar-refractivity contribution < 1.29 is 29.0 Å². The van der Waals surface area contributed by atoms with Crippen LogP contribution in [0.1, 0.15) is 68.2 Å². The number of aromatic nitrogens is 2. The molecule has 184 valence electrons. The normalized spacial score (nSPS) is 16.6. The second-order valence-electron chi connectivity index (χ2n) is 9.46. The van der Waals surface area contributed by atoms with Gasteiger partial charge in [0.2, 0.25) is 0 Å². The number of likely N-dealkylation sites (tertiary alicyclic amines) is 1. The van der Waals surface area contributed by atoms with Crippen molar-refractivity contribution in [3.8, 4) is 0 Å². The lowest BCUT2D eigenvalue weighted by molar-refractivity contribution is -0.171. The van der Waals surface area contributed by atoms with Crippen LogP contribution in [0.2, 0.25) is 0 Å². The third kappa shape index (κ3) is 6.15. The summed E-state index contributed by atoms with van der Waals surface area (Å²) in [5.74, 6) is -0.723. The van der Waals surface area contributed by atoms with Crippen LogP contribution in [0, 0.1) is 0 Å². The maximum atomic E-state index is 12.7. The van der Waals surface area contributed by atoms with Crippen molar-refractivity contribution >= 4 is 28.9 Å². The Bertz CT molecular complexity index is 1050. The number of amides is 1. The molecule has 10 heteroatoms. The van der Waals surface area contributed by atoms with Gasteiger partial charge in [-0.2, -0.15) is 0 Å². The van der Waals surface area contributed by atoms with Crippen LogP contribution in [0.4, 0.5) is 4.79 Å². The Hall–Kier alpha value is -2.91. The molecule has 34 heavy (non-hydrogen) atoms. The zero-order chi connectivity index (χ0) is 25.1. The van der Waals surface area contributed by atoms with Crippen molar-refractivity contribution in [2.45, 2.75) is 64.4 Å². The van der Waals surface area contributed by atoms with Crippen LogP contribution in [0.3, 0.4) is 0 Å². The first kappa shape index (κ1) is 25.7. The van der Waals surface area contributed by atoms with Crippen molar-refractivity contribution in [2.24, 2.45) is 0 Å². The van der Waals surface area contributed by atoms with E-state index in [9.17, 15) is 19.5 Å². The van der Waals surface area contributed by atoms with E-state index in [-0.39, 0.29) is 44.3 Å². The molecule has 0 unspecified atom stereocenters. The molecule has 0 radical (unpaired) electrons. The van der Waals surface area contributed by atoms with Crippen LogP contribution < -0.4 is 0 Å². The van der Waals surface area contributed by atoms with Gasteiger partial charge in [0.1, 0.15) is 17.9 Å². The third-order valence-electron chi connectivity index (χ3n) is 5.71. The lowest BCUT2D eigenvalue weighted by Crippen LogP contribution is -2.52. The molecule has 1 aromatic heterocycles. The SMILES string of the molecule is C[C@H](c1cccc(COC(=O)C2(O)CCN(C(=O)OC(C)(C)C)CC2)c1)n1cncc1C(=O)Cl. The minimum absolute atomic E-state index is 0.0251. The van der Waals surface area contributed by atoms with E-state index in [1.807, 2.05) is 25.1 Å². The van der Waals surface area contributed by atoms with Gasteiger partial charge in [0.15, 0.2) is 5.60 Å². The molecule has 1 N–H and O–H groups in total.